The van der Waals surface area contributed by atoms with E-state index in [-0.39, 0.29) is 6.04 Å². The van der Waals surface area contributed by atoms with Gasteiger partial charge in [-0.1, -0.05) is 30.9 Å². The van der Waals surface area contributed by atoms with E-state index >= 15 is 0 Å². The van der Waals surface area contributed by atoms with Gasteiger partial charge in [0.2, 0.25) is 0 Å². The molecule has 0 spiro atoms. The highest BCUT2D eigenvalue weighted by Gasteiger charge is 2.79. The molecular weight excluding hydrogens is 410 g/mol. The smallest absolute Gasteiger partial charge is 0.265 e. The van der Waals surface area contributed by atoms with Gasteiger partial charge in [-0.05, 0) is 36.6 Å². The van der Waals surface area contributed by atoms with Crippen LogP contribution >= 0.6 is 11.6 Å². The molecule has 11 heteroatoms. The van der Waals surface area contributed by atoms with Crippen LogP contribution < -0.4 is 33.2 Å². The average molecular weight is 436 g/mol. The first-order valence-corrected chi connectivity index (χ1v) is 10.3. The Morgan fingerprint density at radius 1 is 1.17 bits per heavy atom. The number of benzene rings is 1. The molecule has 0 aromatic heterocycles. The number of likely N-dealkylation sites (tertiary alicyclic amines) is 1. The number of hydrogen-bond acceptors (Lipinski definition) is 7. The van der Waals surface area contributed by atoms with Crippen LogP contribution in [0.1, 0.15) is 37.7 Å². The number of nitrogens with two attached hydrogens (primary N) is 3. The van der Waals surface area contributed by atoms with E-state index in [1.54, 1.807) is 25.2 Å². The molecule has 1 saturated carbocycles. The van der Waals surface area contributed by atoms with Gasteiger partial charge >= 0.3 is 0 Å². The Balaban J connectivity index is 2.04. The number of fused-ring (bicyclic) bond motifs is 3. The van der Waals surface area contributed by atoms with Crippen molar-refractivity contribution >= 4 is 35.0 Å². The molecule has 10 nitrogen and oxygen atoms in total. The molecule has 1 aliphatic carbocycles. The number of carbonyl (C=O) groups is 3. The van der Waals surface area contributed by atoms with Crippen molar-refractivity contribution in [2.24, 2.45) is 17.4 Å². The molecule has 0 radical (unpaired) electrons. The van der Waals surface area contributed by atoms with E-state index in [9.17, 15) is 14.4 Å². The summed E-state index contributed by atoms with van der Waals surface area (Å²) in [6.07, 6.45) is 4.30. The maximum atomic E-state index is 13.9. The lowest BCUT2D eigenvalue weighted by Crippen LogP contribution is -2.73. The van der Waals surface area contributed by atoms with E-state index < -0.39 is 34.8 Å². The van der Waals surface area contributed by atoms with Crippen LogP contribution in [0.4, 0.5) is 5.69 Å². The van der Waals surface area contributed by atoms with E-state index in [2.05, 4.69) is 10.9 Å². The van der Waals surface area contributed by atoms with Crippen molar-refractivity contribution in [2.75, 3.05) is 11.9 Å². The number of rotatable bonds is 3. The van der Waals surface area contributed by atoms with Crippen LogP contribution in [0.25, 0.3) is 0 Å². The van der Waals surface area contributed by atoms with E-state index in [0.717, 1.165) is 19.3 Å². The number of amides is 3. The van der Waals surface area contributed by atoms with Gasteiger partial charge in [-0.2, -0.15) is 0 Å². The molecule has 0 unspecified atom stereocenters. The van der Waals surface area contributed by atoms with Crippen LogP contribution in [0.15, 0.2) is 18.2 Å². The summed E-state index contributed by atoms with van der Waals surface area (Å²) in [7, 11) is 1.62. The Hall–Kier alpha value is -2.40. The number of nitrogens with one attached hydrogen (secondary N) is 2. The zero-order chi connectivity index (χ0) is 21.8. The van der Waals surface area contributed by atoms with Gasteiger partial charge in [0, 0.05) is 23.8 Å². The monoisotopic (exact) mass is 435 g/mol. The summed E-state index contributed by atoms with van der Waals surface area (Å²) in [5.41, 5.74) is 8.24. The Morgan fingerprint density at radius 2 is 1.83 bits per heavy atom. The molecule has 3 aliphatic rings. The molecule has 162 valence electrons. The summed E-state index contributed by atoms with van der Waals surface area (Å²) in [5.74, 6) is 9.14. The number of carbonyl (C=O) groups excluding carboxylic acids is 3. The number of hydrogen-bond donors (Lipinski definition) is 5. The minimum Gasteiger partial charge on any atom is -0.347 e. The van der Waals surface area contributed by atoms with Gasteiger partial charge in [0.25, 0.3) is 17.7 Å². The van der Waals surface area contributed by atoms with Crippen molar-refractivity contribution in [3.05, 3.63) is 28.8 Å². The zero-order valence-corrected chi connectivity index (χ0v) is 17.4. The topological polar surface area (TPSA) is 160 Å². The third-order valence-electron chi connectivity index (χ3n) is 6.97. The van der Waals surface area contributed by atoms with E-state index in [1.807, 2.05) is 0 Å². The maximum Gasteiger partial charge on any atom is 0.265 e. The fraction of sp³-hybridized carbons (Fsp3) is 0.526. The largest absolute Gasteiger partial charge is 0.347 e. The van der Waals surface area contributed by atoms with Gasteiger partial charge in [0.05, 0.1) is 0 Å². The predicted molar refractivity (Wildman–Crippen MR) is 111 cm³/mol. The van der Waals surface area contributed by atoms with Crippen molar-refractivity contribution in [3.8, 4) is 0 Å². The first-order valence-electron chi connectivity index (χ1n) is 9.93. The van der Waals surface area contributed by atoms with Crippen molar-refractivity contribution in [1.82, 2.24) is 15.8 Å². The van der Waals surface area contributed by atoms with Crippen LogP contribution in [-0.4, -0.2) is 47.4 Å². The first kappa shape index (κ1) is 20.9. The third kappa shape index (κ3) is 2.33. The van der Waals surface area contributed by atoms with Crippen molar-refractivity contribution in [3.63, 3.8) is 0 Å². The summed E-state index contributed by atoms with van der Waals surface area (Å²) in [6, 6.07) is 3.35. The highest BCUT2D eigenvalue weighted by molar-refractivity contribution is 6.31. The summed E-state index contributed by atoms with van der Waals surface area (Å²) in [4.78, 5) is 43.5. The summed E-state index contributed by atoms with van der Waals surface area (Å²) in [5, 5.41) is 0.339. The Kier molecular flexibility index (Phi) is 4.93. The fourth-order valence-corrected chi connectivity index (χ4v) is 5.81. The quantitative estimate of drug-likeness (QED) is 0.236. The van der Waals surface area contributed by atoms with Crippen LogP contribution in [0.2, 0.25) is 5.02 Å². The summed E-state index contributed by atoms with van der Waals surface area (Å²) >= 11 is 6.25. The third-order valence-corrected chi connectivity index (χ3v) is 7.21. The Bertz CT molecular complexity index is 921. The van der Waals surface area contributed by atoms with Gasteiger partial charge in [-0.15, -0.1) is 0 Å². The van der Waals surface area contributed by atoms with Crippen LogP contribution in [0.3, 0.4) is 0 Å². The number of halogens is 1. The van der Waals surface area contributed by atoms with E-state index in [1.165, 1.54) is 9.80 Å². The fourth-order valence-electron chi connectivity index (χ4n) is 5.64. The normalized spacial score (nSPS) is 30.8. The predicted octanol–water partition coefficient (Wildman–Crippen LogP) is -0.794. The van der Waals surface area contributed by atoms with Gasteiger partial charge < -0.3 is 9.80 Å². The summed E-state index contributed by atoms with van der Waals surface area (Å²) in [6.45, 7) is 0. The van der Waals surface area contributed by atoms with Crippen LogP contribution in [0, 0.1) is 0 Å². The number of hydrazine groups is 2. The Labute approximate surface area is 179 Å². The van der Waals surface area contributed by atoms with Crippen LogP contribution in [-0.2, 0) is 19.8 Å². The second kappa shape index (κ2) is 7.09. The second-order valence-electron chi connectivity index (χ2n) is 8.18. The molecule has 3 amide bonds. The molecule has 8 N–H and O–H groups in total. The van der Waals surface area contributed by atoms with Crippen LogP contribution in [0.5, 0.6) is 0 Å². The van der Waals surface area contributed by atoms with E-state index in [0.29, 0.717) is 29.1 Å². The number of likely N-dealkylation sites (N-methyl/N-ethyl adjacent to an activating group) is 1. The molecule has 1 saturated heterocycles. The average Bonchev–Trinajstić information content (AvgIpc) is 3.09. The van der Waals surface area contributed by atoms with Gasteiger partial charge in [0.15, 0.2) is 11.1 Å². The van der Waals surface area contributed by atoms with Crippen molar-refractivity contribution in [1.29, 1.82) is 0 Å². The molecule has 4 rings (SSSR count). The lowest BCUT2D eigenvalue weighted by Gasteiger charge is -2.39. The van der Waals surface area contributed by atoms with Crippen molar-refractivity contribution < 1.29 is 14.4 Å². The Morgan fingerprint density at radius 3 is 2.43 bits per heavy atom. The minimum atomic E-state index is -1.88. The molecular formula is C19H26ClN7O3. The molecule has 30 heavy (non-hydrogen) atoms. The zero-order valence-electron chi connectivity index (χ0n) is 16.7. The SMILES string of the molecule is CN1c2ccc(Cl)cc2[C@]2(C(=O)NN)[C@@H](C(=O)NN)N(C3CCCCC3)C(=O)[C@]12N. The van der Waals surface area contributed by atoms with Gasteiger partial charge in [-0.25, -0.2) is 11.7 Å². The molecule has 3 atom stereocenters. The first-order chi connectivity index (χ1) is 14.3. The maximum absolute atomic E-state index is 13.9. The lowest BCUT2D eigenvalue weighted by molar-refractivity contribution is -0.141. The molecule has 2 fully saturated rings. The minimum absolute atomic E-state index is 0.238. The summed E-state index contributed by atoms with van der Waals surface area (Å²) < 4.78 is 0. The second-order valence-corrected chi connectivity index (χ2v) is 8.62. The van der Waals surface area contributed by atoms with Gasteiger partial charge in [0.1, 0.15) is 6.04 Å². The number of anilines is 1. The lowest BCUT2D eigenvalue weighted by atomic mass is 9.68. The highest BCUT2D eigenvalue weighted by atomic mass is 35.5. The van der Waals surface area contributed by atoms with Gasteiger partial charge in [-0.3, -0.25) is 31.0 Å². The van der Waals surface area contributed by atoms with Crippen molar-refractivity contribution in [2.45, 2.75) is 55.3 Å². The highest BCUT2D eigenvalue weighted by Crippen LogP contribution is 2.58. The van der Waals surface area contributed by atoms with E-state index in [4.69, 9.17) is 29.0 Å². The molecule has 2 aliphatic heterocycles. The standard InChI is InChI=1S/C19H26ClN7O3/c1-26-13-8-7-10(20)9-12(13)18(16(29)25-23)14(15(28)24-22)27(17(30)19(18,26)21)11-5-3-2-4-6-11/h7-9,11,14H,2-6,21-23H2,1H3,(H,24,28)(H,25,29)/t14-,18-,19+/m1/s1. The number of nitrogens with zero attached hydrogens (tertiary/aromatic N) is 2. The molecule has 1 aromatic rings. The molecule has 1 aromatic carbocycles. The molecule has 2 heterocycles. The molecule has 0 bridgehead atoms.